The topological polar surface area (TPSA) is 54.5 Å². The standard InChI is InChI=1S/C51H40N4O/c1-4-15-33(16-5-1)36-29-30-44-42(32-36)40-23-10-11-26-43(40)55(44)45-27-13-25-41-47-39(24-14-28-46(47)56-48(41)45)37-21-12-22-38(31-37)51-53-49(34-17-6-2-7-18-34)52-50(54-51)35-19-8-3-9-20-35/h1-19,21-31,35-36,49,51,53H,20,32H2,(H,52,54). The molecule has 0 fully saturated rings. The fraction of sp³-hybridized carbons (Fsp3) is 0.118. The minimum absolute atomic E-state index is 0.0640. The number of fused-ring (bicyclic) bond motifs is 6. The van der Waals surface area contributed by atoms with Crippen LogP contribution in [0.15, 0.2) is 185 Å². The quantitative estimate of drug-likeness (QED) is 0.180. The molecule has 11 rings (SSSR count). The number of aromatic nitrogens is 1. The van der Waals surface area contributed by atoms with Crippen molar-refractivity contribution in [2.24, 2.45) is 10.9 Å². The number of nitrogens with zero attached hydrogens (tertiary/aromatic N) is 2. The molecule has 5 nitrogen and oxygen atoms in total. The van der Waals surface area contributed by atoms with Crippen molar-refractivity contribution in [3.8, 4) is 16.8 Å². The lowest BCUT2D eigenvalue weighted by Gasteiger charge is -2.34. The van der Waals surface area contributed by atoms with Crippen molar-refractivity contribution in [2.45, 2.75) is 31.1 Å². The number of benzene rings is 6. The fourth-order valence-electron chi connectivity index (χ4n) is 9.07. The van der Waals surface area contributed by atoms with E-state index in [1.807, 2.05) is 0 Å². The van der Waals surface area contributed by atoms with Gasteiger partial charge in [-0.15, -0.1) is 0 Å². The Labute approximate surface area is 326 Å². The highest BCUT2D eigenvalue weighted by molar-refractivity contribution is 6.14. The van der Waals surface area contributed by atoms with Crippen LogP contribution >= 0.6 is 0 Å². The van der Waals surface area contributed by atoms with Crippen LogP contribution in [0.1, 0.15) is 52.6 Å². The van der Waals surface area contributed by atoms with E-state index >= 15 is 0 Å². The normalized spacial score (nSPS) is 20.3. The molecule has 1 aliphatic heterocycles. The molecule has 0 amide bonds. The average molecular weight is 725 g/mol. The van der Waals surface area contributed by atoms with Gasteiger partial charge in [-0.1, -0.05) is 152 Å². The third-order valence-corrected chi connectivity index (χ3v) is 11.8. The first-order valence-electron chi connectivity index (χ1n) is 19.7. The Bertz CT molecular complexity index is 2890. The van der Waals surface area contributed by atoms with Gasteiger partial charge < -0.3 is 14.3 Å². The van der Waals surface area contributed by atoms with E-state index in [1.165, 1.54) is 33.3 Å². The molecule has 0 bridgehead atoms. The largest absolute Gasteiger partial charge is 0.454 e. The van der Waals surface area contributed by atoms with Gasteiger partial charge in [-0.3, -0.25) is 5.32 Å². The lowest BCUT2D eigenvalue weighted by Crippen LogP contribution is -2.47. The smallest absolute Gasteiger partial charge is 0.159 e. The van der Waals surface area contributed by atoms with Gasteiger partial charge in [0.15, 0.2) is 5.58 Å². The second kappa shape index (κ2) is 13.6. The maximum atomic E-state index is 6.89. The van der Waals surface area contributed by atoms with Gasteiger partial charge in [-0.05, 0) is 76.6 Å². The highest BCUT2D eigenvalue weighted by Gasteiger charge is 2.29. The van der Waals surface area contributed by atoms with Crippen molar-refractivity contribution < 1.29 is 4.42 Å². The highest BCUT2D eigenvalue weighted by atomic mass is 16.3. The summed E-state index contributed by atoms with van der Waals surface area (Å²) in [5.74, 6) is 1.56. The minimum Gasteiger partial charge on any atom is -0.454 e. The van der Waals surface area contributed by atoms with Gasteiger partial charge in [0.2, 0.25) is 0 Å². The van der Waals surface area contributed by atoms with Gasteiger partial charge in [-0.25, -0.2) is 4.99 Å². The molecule has 5 heteroatoms. The third kappa shape index (κ3) is 5.54. The molecule has 0 saturated heterocycles. The van der Waals surface area contributed by atoms with Gasteiger partial charge in [0.05, 0.1) is 11.2 Å². The van der Waals surface area contributed by atoms with Crippen LogP contribution in [0.3, 0.4) is 0 Å². The summed E-state index contributed by atoms with van der Waals surface area (Å²) in [6.07, 6.45) is 15.0. The molecule has 3 aliphatic rings. The predicted molar refractivity (Wildman–Crippen MR) is 230 cm³/mol. The summed E-state index contributed by atoms with van der Waals surface area (Å²) in [5, 5.41) is 11.0. The number of amidine groups is 1. The van der Waals surface area contributed by atoms with E-state index in [-0.39, 0.29) is 18.2 Å². The van der Waals surface area contributed by atoms with Crippen LogP contribution in [0.5, 0.6) is 0 Å². The summed E-state index contributed by atoms with van der Waals surface area (Å²) in [7, 11) is 0. The van der Waals surface area contributed by atoms with E-state index in [0.29, 0.717) is 5.92 Å². The van der Waals surface area contributed by atoms with Crippen LogP contribution in [-0.4, -0.2) is 10.4 Å². The number of para-hydroxylation sites is 2. The molecule has 2 N–H and O–H groups in total. The lowest BCUT2D eigenvalue weighted by molar-refractivity contribution is 0.399. The Balaban J connectivity index is 1.01. The number of nitrogens with one attached hydrogen (secondary N) is 2. The SMILES string of the molecule is C1=CCC(C2=NC(c3cccc(-c4cccc5oc6c(-n7c8c(c9ccccc97)CC(c7ccccc7)C=C8)cccc6c45)c3)NC(c3ccccc3)N2)C=C1. The first-order chi connectivity index (χ1) is 27.8. The zero-order chi connectivity index (χ0) is 37.0. The molecule has 6 aromatic carbocycles. The molecule has 270 valence electrons. The molecular formula is C51H40N4O. The molecule has 2 aromatic heterocycles. The minimum atomic E-state index is -0.217. The number of aliphatic imine (C=N–C) groups is 1. The predicted octanol–water partition coefficient (Wildman–Crippen LogP) is 12.0. The number of hydrogen-bond acceptors (Lipinski definition) is 4. The van der Waals surface area contributed by atoms with E-state index < -0.39 is 0 Å². The third-order valence-electron chi connectivity index (χ3n) is 11.8. The number of hydrogen-bond donors (Lipinski definition) is 2. The summed E-state index contributed by atoms with van der Waals surface area (Å²) >= 11 is 0. The molecule has 2 aliphatic carbocycles. The molecule has 0 saturated carbocycles. The molecule has 8 aromatic rings. The number of allylic oxidation sites excluding steroid dienone is 4. The summed E-state index contributed by atoms with van der Waals surface area (Å²) < 4.78 is 9.30. The van der Waals surface area contributed by atoms with Crippen LogP contribution in [0.2, 0.25) is 0 Å². The monoisotopic (exact) mass is 724 g/mol. The zero-order valence-corrected chi connectivity index (χ0v) is 30.8. The number of rotatable bonds is 6. The van der Waals surface area contributed by atoms with E-state index in [1.54, 1.807) is 0 Å². The summed E-state index contributed by atoms with van der Waals surface area (Å²) in [6.45, 7) is 0. The molecule has 0 spiro atoms. The first kappa shape index (κ1) is 32.7. The zero-order valence-electron chi connectivity index (χ0n) is 30.8. The summed E-state index contributed by atoms with van der Waals surface area (Å²) in [4.78, 5) is 5.29. The van der Waals surface area contributed by atoms with Gasteiger partial charge in [0, 0.05) is 33.7 Å². The molecule has 4 unspecified atom stereocenters. The van der Waals surface area contributed by atoms with Crippen LogP contribution in [-0.2, 0) is 6.42 Å². The van der Waals surface area contributed by atoms with Crippen LogP contribution in [0, 0.1) is 5.92 Å². The Morgan fingerprint density at radius 1 is 0.661 bits per heavy atom. The fourth-order valence-corrected chi connectivity index (χ4v) is 9.07. The van der Waals surface area contributed by atoms with Crippen molar-refractivity contribution in [3.63, 3.8) is 0 Å². The van der Waals surface area contributed by atoms with E-state index in [4.69, 9.17) is 9.41 Å². The molecule has 56 heavy (non-hydrogen) atoms. The van der Waals surface area contributed by atoms with Crippen molar-refractivity contribution >= 4 is 44.8 Å². The second-order valence-corrected chi connectivity index (χ2v) is 15.1. The average Bonchev–Trinajstić information content (AvgIpc) is 3.83. The summed E-state index contributed by atoms with van der Waals surface area (Å²) in [5.41, 5.74) is 12.5. The Morgan fingerprint density at radius 2 is 1.43 bits per heavy atom. The van der Waals surface area contributed by atoms with Crippen LogP contribution in [0.4, 0.5) is 0 Å². The van der Waals surface area contributed by atoms with E-state index in [2.05, 4.69) is 197 Å². The number of furan rings is 1. The van der Waals surface area contributed by atoms with Crippen molar-refractivity contribution in [3.05, 3.63) is 204 Å². The van der Waals surface area contributed by atoms with Crippen LogP contribution in [0.25, 0.3) is 55.7 Å². The molecule has 3 heterocycles. The van der Waals surface area contributed by atoms with Crippen molar-refractivity contribution in [1.29, 1.82) is 0 Å². The van der Waals surface area contributed by atoms with Crippen molar-refractivity contribution in [1.82, 2.24) is 15.2 Å². The van der Waals surface area contributed by atoms with Gasteiger partial charge >= 0.3 is 0 Å². The van der Waals surface area contributed by atoms with Gasteiger partial charge in [0.25, 0.3) is 0 Å². The second-order valence-electron chi connectivity index (χ2n) is 15.1. The lowest BCUT2D eigenvalue weighted by atomic mass is 9.87. The Hall–Kier alpha value is -6.69. The molecule has 4 atom stereocenters. The van der Waals surface area contributed by atoms with E-state index in [9.17, 15) is 0 Å². The molecular weight excluding hydrogens is 685 g/mol. The Kier molecular flexibility index (Phi) is 7.92. The van der Waals surface area contributed by atoms with E-state index in [0.717, 1.165) is 63.0 Å². The van der Waals surface area contributed by atoms with Crippen molar-refractivity contribution in [2.75, 3.05) is 0 Å². The highest BCUT2D eigenvalue weighted by Crippen LogP contribution is 2.43. The maximum absolute atomic E-state index is 6.89. The van der Waals surface area contributed by atoms with Crippen LogP contribution < -0.4 is 10.6 Å². The van der Waals surface area contributed by atoms with Gasteiger partial charge in [0.1, 0.15) is 23.8 Å². The first-order valence-corrected chi connectivity index (χ1v) is 19.7. The van der Waals surface area contributed by atoms with Gasteiger partial charge in [-0.2, -0.15) is 0 Å². The Morgan fingerprint density at radius 3 is 2.29 bits per heavy atom. The maximum Gasteiger partial charge on any atom is 0.159 e. The summed E-state index contributed by atoms with van der Waals surface area (Å²) in [6, 6.07) is 52.1. The molecule has 0 radical (unpaired) electrons.